The van der Waals surface area contributed by atoms with Gasteiger partial charge in [-0.15, -0.1) is 0 Å². The molecule has 3 rings (SSSR count). The molecule has 7 heteroatoms. The molecule has 34 heavy (non-hydrogen) atoms. The van der Waals surface area contributed by atoms with Crippen LogP contribution in [0.5, 0.6) is 5.75 Å². The molecule has 0 aromatic heterocycles. The van der Waals surface area contributed by atoms with Crippen molar-refractivity contribution in [2.75, 3.05) is 6.61 Å². The lowest BCUT2D eigenvalue weighted by atomic mass is 9.97. The molecule has 0 aliphatic carbocycles. The number of hydrogen-bond acceptors (Lipinski definition) is 6. The van der Waals surface area contributed by atoms with Crippen LogP contribution in [0, 0.1) is 24.0 Å². The summed E-state index contributed by atoms with van der Waals surface area (Å²) in [5, 5.41) is 15.1. The van der Waals surface area contributed by atoms with E-state index >= 15 is 0 Å². The molecular formula is C27H28N2O5. The van der Waals surface area contributed by atoms with Gasteiger partial charge in [0, 0.05) is 24.1 Å². The molecule has 0 saturated carbocycles. The van der Waals surface area contributed by atoms with Crippen LogP contribution in [-0.2, 0) is 11.3 Å². The molecule has 0 N–H and O–H groups in total. The molecule has 0 unspecified atom stereocenters. The second-order valence-electron chi connectivity index (χ2n) is 8.06. The Hall–Kier alpha value is -4.00. The number of carbonyl (C=O) groups is 1. The van der Waals surface area contributed by atoms with E-state index in [1.54, 1.807) is 36.4 Å². The first-order valence-electron chi connectivity index (χ1n) is 11.2. The minimum Gasteiger partial charge on any atom is -0.494 e. The van der Waals surface area contributed by atoms with Crippen LogP contribution in [0.1, 0.15) is 52.4 Å². The van der Waals surface area contributed by atoms with Gasteiger partial charge < -0.3 is 9.57 Å². The van der Waals surface area contributed by atoms with Gasteiger partial charge in [-0.05, 0) is 55.7 Å². The second-order valence-corrected chi connectivity index (χ2v) is 8.06. The van der Waals surface area contributed by atoms with Crippen molar-refractivity contribution in [3.8, 4) is 5.75 Å². The largest absolute Gasteiger partial charge is 0.494 e. The first-order chi connectivity index (χ1) is 16.4. The summed E-state index contributed by atoms with van der Waals surface area (Å²) in [7, 11) is 0. The van der Waals surface area contributed by atoms with Crippen molar-refractivity contribution >= 4 is 17.4 Å². The minimum absolute atomic E-state index is 0.0160. The number of unbranched alkanes of at least 4 members (excludes halogenated alkanes) is 1. The number of nitrogens with zero attached hydrogens (tertiary/aromatic N) is 2. The van der Waals surface area contributed by atoms with Crippen molar-refractivity contribution in [2.45, 2.75) is 40.0 Å². The molecular weight excluding hydrogens is 432 g/mol. The van der Waals surface area contributed by atoms with E-state index in [1.807, 2.05) is 32.0 Å². The molecule has 3 aromatic carbocycles. The second kappa shape index (κ2) is 11.7. The zero-order valence-corrected chi connectivity index (χ0v) is 19.6. The highest BCUT2D eigenvalue weighted by Gasteiger charge is 2.14. The monoisotopic (exact) mass is 460 g/mol. The Kier molecular flexibility index (Phi) is 8.51. The molecule has 0 aliphatic rings. The molecule has 3 aromatic rings. The highest BCUT2D eigenvalue weighted by atomic mass is 16.7. The molecule has 0 spiro atoms. The van der Waals surface area contributed by atoms with E-state index in [9.17, 15) is 14.9 Å². The maximum atomic E-state index is 12.6. The Morgan fingerprint density at radius 2 is 1.71 bits per heavy atom. The molecule has 0 atom stereocenters. The maximum Gasteiger partial charge on any atom is 0.365 e. The van der Waals surface area contributed by atoms with Crippen molar-refractivity contribution in [3.05, 3.63) is 105 Å². The lowest BCUT2D eigenvalue weighted by Crippen LogP contribution is -2.11. The summed E-state index contributed by atoms with van der Waals surface area (Å²) in [6, 6.07) is 18.9. The first kappa shape index (κ1) is 24.6. The molecule has 0 amide bonds. The smallest absolute Gasteiger partial charge is 0.365 e. The predicted octanol–water partition coefficient (Wildman–Crippen LogP) is 6.19. The summed E-state index contributed by atoms with van der Waals surface area (Å²) >= 11 is 0. The molecule has 0 radical (unpaired) electrons. The van der Waals surface area contributed by atoms with E-state index in [1.165, 1.54) is 12.1 Å². The van der Waals surface area contributed by atoms with E-state index in [0.717, 1.165) is 35.1 Å². The van der Waals surface area contributed by atoms with E-state index in [-0.39, 0.29) is 5.69 Å². The summed E-state index contributed by atoms with van der Waals surface area (Å²) in [5.74, 6) is 0.119. The van der Waals surface area contributed by atoms with Crippen LogP contribution < -0.4 is 4.74 Å². The molecule has 0 fully saturated rings. The Balaban J connectivity index is 1.80. The average molecular weight is 461 g/mol. The van der Waals surface area contributed by atoms with Gasteiger partial charge in [-0.25, -0.2) is 4.79 Å². The molecule has 7 nitrogen and oxygen atoms in total. The van der Waals surface area contributed by atoms with Gasteiger partial charge in [0.05, 0.1) is 22.8 Å². The van der Waals surface area contributed by atoms with E-state index in [4.69, 9.17) is 9.57 Å². The number of hydrogen-bond donors (Lipinski definition) is 0. The zero-order chi connectivity index (χ0) is 24.5. The van der Waals surface area contributed by atoms with E-state index in [0.29, 0.717) is 30.1 Å². The fraction of sp³-hybridized carbons (Fsp3) is 0.259. The van der Waals surface area contributed by atoms with Gasteiger partial charge in [-0.3, -0.25) is 10.1 Å². The number of benzene rings is 3. The van der Waals surface area contributed by atoms with Gasteiger partial charge in [-0.1, -0.05) is 54.4 Å². The van der Waals surface area contributed by atoms with Crippen molar-refractivity contribution in [1.29, 1.82) is 0 Å². The number of non-ortho nitro benzene ring substituents is 1. The summed E-state index contributed by atoms with van der Waals surface area (Å²) < 4.78 is 5.63. The Labute approximate surface area is 199 Å². The fourth-order valence-electron chi connectivity index (χ4n) is 3.41. The topological polar surface area (TPSA) is 91.0 Å². The lowest BCUT2D eigenvalue weighted by Gasteiger charge is -2.11. The minimum atomic E-state index is -0.578. The Bertz CT molecular complexity index is 1170. The third-order valence-electron chi connectivity index (χ3n) is 5.31. The van der Waals surface area contributed by atoms with Gasteiger partial charge >= 0.3 is 5.97 Å². The SMILES string of the molecule is CCCCOc1ccc(C(=O)O/N=C(\Cc2ccc([N+](=O)[O-])cc2)c2ccc(C)cc2C)cc1. The number of aryl methyl sites for hydroxylation is 2. The first-order valence-corrected chi connectivity index (χ1v) is 11.2. The highest BCUT2D eigenvalue weighted by Crippen LogP contribution is 2.19. The van der Waals surface area contributed by atoms with E-state index in [2.05, 4.69) is 12.1 Å². The highest BCUT2D eigenvalue weighted by molar-refractivity contribution is 6.03. The third-order valence-corrected chi connectivity index (χ3v) is 5.31. The number of rotatable bonds is 10. The van der Waals surface area contributed by atoms with Crippen LogP contribution in [0.3, 0.4) is 0 Å². The van der Waals surface area contributed by atoms with Crippen molar-refractivity contribution in [3.63, 3.8) is 0 Å². The van der Waals surface area contributed by atoms with Crippen LogP contribution in [0.15, 0.2) is 71.9 Å². The average Bonchev–Trinajstić information content (AvgIpc) is 2.82. The Morgan fingerprint density at radius 3 is 2.32 bits per heavy atom. The lowest BCUT2D eigenvalue weighted by molar-refractivity contribution is -0.384. The van der Waals surface area contributed by atoms with Gasteiger partial charge in [0.15, 0.2) is 0 Å². The third kappa shape index (κ3) is 6.75. The molecule has 0 bridgehead atoms. The van der Waals surface area contributed by atoms with Crippen LogP contribution in [0.2, 0.25) is 0 Å². The van der Waals surface area contributed by atoms with Gasteiger partial charge in [0.1, 0.15) is 5.75 Å². The van der Waals surface area contributed by atoms with Crippen LogP contribution in [-0.4, -0.2) is 23.2 Å². The van der Waals surface area contributed by atoms with Crippen molar-refractivity contribution in [2.24, 2.45) is 5.16 Å². The van der Waals surface area contributed by atoms with Gasteiger partial charge in [-0.2, -0.15) is 0 Å². The summed E-state index contributed by atoms with van der Waals surface area (Å²) in [6.45, 7) is 6.69. The summed E-state index contributed by atoms with van der Waals surface area (Å²) in [6.07, 6.45) is 2.36. The Morgan fingerprint density at radius 1 is 1.00 bits per heavy atom. The molecule has 0 heterocycles. The predicted molar refractivity (Wildman–Crippen MR) is 132 cm³/mol. The van der Waals surface area contributed by atoms with Crippen LogP contribution >= 0.6 is 0 Å². The number of nitro groups is 1. The van der Waals surface area contributed by atoms with Crippen molar-refractivity contribution < 1.29 is 19.3 Å². The quantitative estimate of drug-likeness (QED) is 0.118. The fourth-order valence-corrected chi connectivity index (χ4v) is 3.41. The van der Waals surface area contributed by atoms with Crippen LogP contribution in [0.25, 0.3) is 0 Å². The number of nitro benzene ring substituents is 1. The van der Waals surface area contributed by atoms with Crippen LogP contribution in [0.4, 0.5) is 5.69 Å². The standard InChI is InChI=1S/C27H28N2O5/c1-4-5-16-33-24-13-9-22(10-14-24)27(30)34-28-26(25-15-6-19(2)17-20(25)3)18-21-7-11-23(12-8-21)29(31)32/h6-15,17H,4-5,16,18H2,1-3H3/b28-26+. The number of ether oxygens (including phenoxy) is 1. The summed E-state index contributed by atoms with van der Waals surface area (Å²) in [5.41, 5.74) is 4.69. The molecule has 0 saturated heterocycles. The maximum absolute atomic E-state index is 12.6. The normalized spacial score (nSPS) is 11.2. The van der Waals surface area contributed by atoms with Gasteiger partial charge in [0.2, 0.25) is 0 Å². The number of carbonyl (C=O) groups excluding carboxylic acids is 1. The zero-order valence-electron chi connectivity index (χ0n) is 19.6. The van der Waals surface area contributed by atoms with E-state index < -0.39 is 10.9 Å². The van der Waals surface area contributed by atoms with Gasteiger partial charge in [0.25, 0.3) is 5.69 Å². The molecule has 0 aliphatic heterocycles. The summed E-state index contributed by atoms with van der Waals surface area (Å²) in [4.78, 5) is 28.4. The molecule has 176 valence electrons. The number of oxime groups is 1. The van der Waals surface area contributed by atoms with Crippen molar-refractivity contribution in [1.82, 2.24) is 0 Å².